The van der Waals surface area contributed by atoms with Crippen molar-refractivity contribution < 1.29 is 4.79 Å². The summed E-state index contributed by atoms with van der Waals surface area (Å²) in [6.07, 6.45) is 6.72. The highest BCUT2D eigenvalue weighted by atomic mass is 16.2. The number of hydrogen-bond acceptors (Lipinski definition) is 5. The van der Waals surface area contributed by atoms with E-state index in [1.54, 1.807) is 12.4 Å². The SMILES string of the molecule is Cc1nc2ccccc2n1CCCC(=O)N1CCC[C@H]1c1ccnc(-c2ccccn2)n1. The zero-order chi connectivity index (χ0) is 21.9. The molecule has 162 valence electrons. The van der Waals surface area contributed by atoms with Crippen LogP contribution in [0.15, 0.2) is 60.9 Å². The summed E-state index contributed by atoms with van der Waals surface area (Å²) in [7, 11) is 0. The van der Waals surface area contributed by atoms with Crippen LogP contribution in [0.3, 0.4) is 0 Å². The summed E-state index contributed by atoms with van der Waals surface area (Å²) in [6, 6.07) is 15.8. The van der Waals surface area contributed by atoms with Crippen LogP contribution in [0.1, 0.15) is 43.2 Å². The quantitative estimate of drug-likeness (QED) is 0.458. The van der Waals surface area contributed by atoms with Crippen LogP contribution in [0.5, 0.6) is 0 Å². The number of benzene rings is 1. The van der Waals surface area contributed by atoms with Gasteiger partial charge in [-0.15, -0.1) is 0 Å². The van der Waals surface area contributed by atoms with Gasteiger partial charge in [-0.25, -0.2) is 15.0 Å². The van der Waals surface area contributed by atoms with Gasteiger partial charge in [-0.2, -0.15) is 0 Å². The monoisotopic (exact) mass is 426 g/mol. The zero-order valence-corrected chi connectivity index (χ0v) is 18.2. The minimum Gasteiger partial charge on any atom is -0.334 e. The molecular formula is C25H26N6O. The Balaban J connectivity index is 1.26. The van der Waals surface area contributed by atoms with Gasteiger partial charge in [0.25, 0.3) is 0 Å². The van der Waals surface area contributed by atoms with Gasteiger partial charge in [-0.05, 0) is 56.5 Å². The minimum absolute atomic E-state index is 0.00349. The normalized spacial score (nSPS) is 16.0. The Kier molecular flexibility index (Phi) is 5.62. The highest BCUT2D eigenvalue weighted by molar-refractivity contribution is 5.77. The number of fused-ring (bicyclic) bond motifs is 1. The van der Waals surface area contributed by atoms with Crippen molar-refractivity contribution in [2.75, 3.05) is 6.54 Å². The van der Waals surface area contributed by atoms with Crippen molar-refractivity contribution >= 4 is 16.9 Å². The van der Waals surface area contributed by atoms with E-state index in [0.29, 0.717) is 12.2 Å². The first-order chi connectivity index (χ1) is 15.7. The van der Waals surface area contributed by atoms with Crippen molar-refractivity contribution in [2.45, 2.75) is 45.2 Å². The smallest absolute Gasteiger partial charge is 0.223 e. The predicted octanol–water partition coefficient (Wildman–Crippen LogP) is 4.34. The maximum Gasteiger partial charge on any atom is 0.223 e. The van der Waals surface area contributed by atoms with E-state index in [4.69, 9.17) is 4.98 Å². The molecule has 0 radical (unpaired) electrons. The summed E-state index contributed by atoms with van der Waals surface area (Å²) in [5.74, 6) is 1.78. The third kappa shape index (κ3) is 3.98. The first-order valence-corrected chi connectivity index (χ1v) is 11.2. The molecule has 5 rings (SSSR count). The van der Waals surface area contributed by atoms with E-state index in [9.17, 15) is 4.79 Å². The Morgan fingerprint density at radius 1 is 1.03 bits per heavy atom. The molecule has 4 aromatic rings. The molecule has 0 aliphatic carbocycles. The largest absolute Gasteiger partial charge is 0.334 e. The molecule has 0 bridgehead atoms. The van der Waals surface area contributed by atoms with Crippen LogP contribution in [0.4, 0.5) is 0 Å². The first kappa shape index (κ1) is 20.3. The molecule has 1 fully saturated rings. The summed E-state index contributed by atoms with van der Waals surface area (Å²) < 4.78 is 2.20. The number of hydrogen-bond donors (Lipinski definition) is 0. The molecule has 3 aromatic heterocycles. The fourth-order valence-corrected chi connectivity index (χ4v) is 4.56. The van der Waals surface area contributed by atoms with E-state index in [0.717, 1.165) is 60.6 Å². The number of imidazole rings is 1. The molecule has 1 aliphatic heterocycles. The highest BCUT2D eigenvalue weighted by Gasteiger charge is 2.30. The lowest BCUT2D eigenvalue weighted by molar-refractivity contribution is -0.132. The fraction of sp³-hybridized carbons (Fsp3) is 0.320. The molecule has 1 aromatic carbocycles. The molecule has 7 heteroatoms. The average Bonchev–Trinajstić information content (AvgIpc) is 3.45. The van der Waals surface area contributed by atoms with Gasteiger partial charge in [0, 0.05) is 31.9 Å². The van der Waals surface area contributed by atoms with Crippen molar-refractivity contribution in [1.29, 1.82) is 0 Å². The van der Waals surface area contributed by atoms with E-state index in [1.807, 2.05) is 54.3 Å². The number of aryl methyl sites for hydroxylation is 2. The van der Waals surface area contributed by atoms with E-state index >= 15 is 0 Å². The third-order valence-corrected chi connectivity index (χ3v) is 6.10. The Labute approximate surface area is 187 Å². The third-order valence-electron chi connectivity index (χ3n) is 6.10. The molecule has 0 saturated carbocycles. The summed E-state index contributed by atoms with van der Waals surface area (Å²) in [6.45, 7) is 3.58. The molecule has 1 saturated heterocycles. The van der Waals surface area contributed by atoms with Crippen LogP contribution in [-0.2, 0) is 11.3 Å². The van der Waals surface area contributed by atoms with E-state index in [2.05, 4.69) is 25.6 Å². The van der Waals surface area contributed by atoms with Crippen LogP contribution < -0.4 is 0 Å². The fourth-order valence-electron chi connectivity index (χ4n) is 4.56. The van der Waals surface area contributed by atoms with Crippen molar-refractivity contribution in [3.63, 3.8) is 0 Å². The van der Waals surface area contributed by atoms with Crippen LogP contribution in [-0.4, -0.2) is 41.9 Å². The number of likely N-dealkylation sites (tertiary alicyclic amines) is 1. The van der Waals surface area contributed by atoms with Crippen molar-refractivity contribution in [1.82, 2.24) is 29.4 Å². The second-order valence-electron chi connectivity index (χ2n) is 8.17. The number of carbonyl (C=O) groups is 1. The van der Waals surface area contributed by atoms with Gasteiger partial charge in [0.15, 0.2) is 5.82 Å². The Hall–Kier alpha value is -3.61. The molecule has 0 unspecified atom stereocenters. The summed E-state index contributed by atoms with van der Waals surface area (Å²) in [5, 5.41) is 0. The average molecular weight is 427 g/mol. The molecule has 0 spiro atoms. The summed E-state index contributed by atoms with van der Waals surface area (Å²) in [4.78, 5) is 33.2. The molecule has 1 atom stereocenters. The van der Waals surface area contributed by atoms with Gasteiger partial charge in [0.1, 0.15) is 11.5 Å². The lowest BCUT2D eigenvalue weighted by atomic mass is 10.1. The van der Waals surface area contributed by atoms with E-state index in [1.165, 1.54) is 0 Å². The number of rotatable bonds is 6. The predicted molar refractivity (Wildman–Crippen MR) is 123 cm³/mol. The Morgan fingerprint density at radius 3 is 2.78 bits per heavy atom. The standard InChI is InChI=1S/C25H26N6O/c1-18-28-19-8-2-3-10-22(19)30(18)16-7-12-24(32)31-17-6-11-23(31)20-13-15-27-25(29-20)21-9-4-5-14-26-21/h2-5,8-10,13-15,23H,6-7,11-12,16-17H2,1H3/t23-/m0/s1. The van der Waals surface area contributed by atoms with E-state index < -0.39 is 0 Å². The van der Waals surface area contributed by atoms with Gasteiger partial charge < -0.3 is 9.47 Å². The number of pyridine rings is 1. The van der Waals surface area contributed by atoms with Crippen LogP contribution in [0, 0.1) is 6.92 Å². The van der Waals surface area contributed by atoms with Gasteiger partial charge >= 0.3 is 0 Å². The molecule has 7 nitrogen and oxygen atoms in total. The van der Waals surface area contributed by atoms with Crippen molar-refractivity contribution in [3.05, 3.63) is 72.4 Å². The van der Waals surface area contributed by atoms with Crippen LogP contribution >= 0.6 is 0 Å². The Bertz CT molecular complexity index is 1240. The molecule has 1 aliphatic rings. The second-order valence-corrected chi connectivity index (χ2v) is 8.17. The topological polar surface area (TPSA) is 76.8 Å². The number of nitrogens with zero attached hydrogens (tertiary/aromatic N) is 6. The molecule has 4 heterocycles. The molecule has 32 heavy (non-hydrogen) atoms. The molecule has 1 amide bonds. The molecule has 0 N–H and O–H groups in total. The summed E-state index contributed by atoms with van der Waals surface area (Å²) in [5.41, 5.74) is 3.76. The van der Waals surface area contributed by atoms with Gasteiger partial charge in [0.2, 0.25) is 5.91 Å². The lowest BCUT2D eigenvalue weighted by Gasteiger charge is -2.24. The number of carbonyl (C=O) groups excluding carboxylic acids is 1. The Morgan fingerprint density at radius 2 is 1.91 bits per heavy atom. The van der Waals surface area contributed by atoms with Gasteiger partial charge in [0.05, 0.1) is 22.8 Å². The van der Waals surface area contributed by atoms with Crippen molar-refractivity contribution in [3.8, 4) is 11.5 Å². The van der Waals surface area contributed by atoms with Crippen LogP contribution in [0.25, 0.3) is 22.6 Å². The summed E-state index contributed by atoms with van der Waals surface area (Å²) >= 11 is 0. The first-order valence-electron chi connectivity index (χ1n) is 11.2. The van der Waals surface area contributed by atoms with Crippen molar-refractivity contribution in [2.24, 2.45) is 0 Å². The van der Waals surface area contributed by atoms with Crippen LogP contribution in [0.2, 0.25) is 0 Å². The maximum atomic E-state index is 13.1. The van der Waals surface area contributed by atoms with Gasteiger partial charge in [-0.3, -0.25) is 9.78 Å². The highest BCUT2D eigenvalue weighted by Crippen LogP contribution is 2.32. The number of para-hydroxylation sites is 2. The molecular weight excluding hydrogens is 400 g/mol. The zero-order valence-electron chi connectivity index (χ0n) is 18.2. The number of aromatic nitrogens is 5. The maximum absolute atomic E-state index is 13.1. The second kappa shape index (κ2) is 8.86. The van der Waals surface area contributed by atoms with E-state index in [-0.39, 0.29) is 11.9 Å². The minimum atomic E-state index is 0.00349. The van der Waals surface area contributed by atoms with Gasteiger partial charge in [-0.1, -0.05) is 18.2 Å². The number of amides is 1. The lowest BCUT2D eigenvalue weighted by Crippen LogP contribution is -2.31.